The first kappa shape index (κ1) is 15.8. The number of hydrogen-bond donors (Lipinski definition) is 3. The lowest BCUT2D eigenvalue weighted by atomic mass is 10.2. The summed E-state index contributed by atoms with van der Waals surface area (Å²) in [6, 6.07) is 6.70. The van der Waals surface area contributed by atoms with Crippen molar-refractivity contribution in [3.05, 3.63) is 29.8 Å². The Bertz CT molecular complexity index is 667. The zero-order valence-electron chi connectivity index (χ0n) is 12.2. The Balaban J connectivity index is 1.87. The minimum Gasteiger partial charge on any atom is -0.368 e. The van der Waals surface area contributed by atoms with Crippen molar-refractivity contribution in [2.24, 2.45) is 0 Å². The summed E-state index contributed by atoms with van der Waals surface area (Å²) < 4.78 is 0. The van der Waals surface area contributed by atoms with E-state index in [-0.39, 0.29) is 23.5 Å². The Morgan fingerprint density at radius 3 is 2.55 bits per heavy atom. The van der Waals surface area contributed by atoms with E-state index in [2.05, 4.69) is 20.5 Å². The maximum absolute atomic E-state index is 11.8. The number of carbonyl (C=O) groups excluding carboxylic acids is 2. The quantitative estimate of drug-likeness (QED) is 0.702. The summed E-state index contributed by atoms with van der Waals surface area (Å²) in [6.45, 7) is 0. The second-order valence-corrected chi connectivity index (χ2v) is 5.56. The van der Waals surface area contributed by atoms with Crippen molar-refractivity contribution in [2.75, 3.05) is 30.9 Å². The molecule has 2 rings (SSSR count). The predicted octanol–water partition coefficient (Wildman–Crippen LogP) is 0.819. The summed E-state index contributed by atoms with van der Waals surface area (Å²) in [7, 11) is 3.37. The molecule has 22 heavy (non-hydrogen) atoms. The molecule has 9 heteroatoms. The van der Waals surface area contributed by atoms with Crippen molar-refractivity contribution in [1.29, 1.82) is 0 Å². The van der Waals surface area contributed by atoms with Crippen LogP contribution in [0.4, 0.5) is 11.6 Å². The average Bonchev–Trinajstić information content (AvgIpc) is 2.91. The molecule has 0 bridgehead atoms. The van der Waals surface area contributed by atoms with Gasteiger partial charge in [-0.25, -0.2) is 5.10 Å². The molecular weight excluding hydrogens is 304 g/mol. The molecule has 0 fully saturated rings. The fourth-order valence-corrected chi connectivity index (χ4v) is 2.21. The van der Waals surface area contributed by atoms with Crippen LogP contribution in [0.25, 0.3) is 0 Å². The summed E-state index contributed by atoms with van der Waals surface area (Å²) in [5.41, 5.74) is 6.58. The molecule has 0 aliphatic carbocycles. The molecule has 0 atom stereocenters. The highest BCUT2D eigenvalue weighted by Gasteiger charge is 2.09. The zero-order chi connectivity index (χ0) is 16.1. The predicted molar refractivity (Wildman–Crippen MR) is 84.6 cm³/mol. The van der Waals surface area contributed by atoms with Gasteiger partial charge in [-0.3, -0.25) is 9.59 Å². The van der Waals surface area contributed by atoms with E-state index in [1.807, 2.05) is 0 Å². The highest BCUT2D eigenvalue weighted by atomic mass is 32.2. The van der Waals surface area contributed by atoms with Crippen LogP contribution >= 0.6 is 11.8 Å². The summed E-state index contributed by atoms with van der Waals surface area (Å²) in [6.07, 6.45) is 0. The van der Waals surface area contributed by atoms with Crippen LogP contribution in [0.15, 0.2) is 29.4 Å². The van der Waals surface area contributed by atoms with E-state index in [1.165, 1.54) is 16.7 Å². The summed E-state index contributed by atoms with van der Waals surface area (Å²) in [5, 5.41) is 9.47. The number of aromatic nitrogens is 3. The smallest absolute Gasteiger partial charge is 0.253 e. The third kappa shape index (κ3) is 4.22. The number of nitrogen functional groups attached to an aromatic ring is 1. The van der Waals surface area contributed by atoms with Crippen LogP contribution in [0.5, 0.6) is 0 Å². The molecular formula is C13H16N6O2S. The molecule has 0 aliphatic heterocycles. The van der Waals surface area contributed by atoms with Gasteiger partial charge in [0, 0.05) is 25.3 Å². The van der Waals surface area contributed by atoms with Crippen LogP contribution in [-0.4, -0.2) is 51.7 Å². The second kappa shape index (κ2) is 6.94. The number of H-pyrrole nitrogens is 1. The normalized spacial score (nSPS) is 10.3. The SMILES string of the molecule is CN(C)C(=O)c1ccc(NC(=O)CSc2n[nH]c(N)n2)cc1. The molecule has 0 aliphatic rings. The number of nitrogens with two attached hydrogens (primary N) is 1. The van der Waals surface area contributed by atoms with Crippen molar-refractivity contribution >= 4 is 35.2 Å². The van der Waals surface area contributed by atoms with E-state index in [0.717, 1.165) is 0 Å². The lowest BCUT2D eigenvalue weighted by Crippen LogP contribution is -2.21. The van der Waals surface area contributed by atoms with Crippen LogP contribution in [-0.2, 0) is 4.79 Å². The number of thioether (sulfide) groups is 1. The Morgan fingerprint density at radius 2 is 2.00 bits per heavy atom. The Morgan fingerprint density at radius 1 is 1.32 bits per heavy atom. The van der Waals surface area contributed by atoms with Gasteiger partial charge in [-0.05, 0) is 24.3 Å². The number of hydrogen-bond acceptors (Lipinski definition) is 6. The molecule has 8 nitrogen and oxygen atoms in total. The lowest BCUT2D eigenvalue weighted by molar-refractivity contribution is -0.113. The van der Waals surface area contributed by atoms with Crippen LogP contribution in [0.3, 0.4) is 0 Å². The van der Waals surface area contributed by atoms with E-state index >= 15 is 0 Å². The number of aromatic amines is 1. The van der Waals surface area contributed by atoms with Crippen molar-refractivity contribution in [2.45, 2.75) is 5.16 Å². The van der Waals surface area contributed by atoms with Gasteiger partial charge in [0.2, 0.25) is 17.0 Å². The van der Waals surface area contributed by atoms with E-state index in [0.29, 0.717) is 16.4 Å². The van der Waals surface area contributed by atoms with Crippen molar-refractivity contribution in [3.8, 4) is 0 Å². The second-order valence-electron chi connectivity index (χ2n) is 4.62. The monoisotopic (exact) mass is 320 g/mol. The van der Waals surface area contributed by atoms with Crippen molar-refractivity contribution in [3.63, 3.8) is 0 Å². The van der Waals surface area contributed by atoms with E-state index in [1.54, 1.807) is 38.4 Å². The number of nitrogens with zero attached hydrogens (tertiary/aromatic N) is 3. The molecule has 0 radical (unpaired) electrons. The molecule has 1 aromatic heterocycles. The zero-order valence-corrected chi connectivity index (χ0v) is 13.0. The first-order chi connectivity index (χ1) is 10.5. The van der Waals surface area contributed by atoms with Crippen LogP contribution in [0, 0.1) is 0 Å². The van der Waals surface area contributed by atoms with Crippen LogP contribution in [0.2, 0.25) is 0 Å². The van der Waals surface area contributed by atoms with Gasteiger partial charge in [-0.2, -0.15) is 4.98 Å². The van der Waals surface area contributed by atoms with E-state index in [9.17, 15) is 9.59 Å². The van der Waals surface area contributed by atoms with Gasteiger partial charge in [0.25, 0.3) is 5.91 Å². The molecule has 1 aromatic carbocycles. The Labute approximate surface area is 131 Å². The number of nitrogens with one attached hydrogen (secondary N) is 2. The number of amides is 2. The van der Waals surface area contributed by atoms with Gasteiger partial charge in [-0.1, -0.05) is 11.8 Å². The largest absolute Gasteiger partial charge is 0.368 e. The third-order valence-corrected chi connectivity index (χ3v) is 3.48. The highest BCUT2D eigenvalue weighted by molar-refractivity contribution is 7.99. The van der Waals surface area contributed by atoms with Gasteiger partial charge in [0.05, 0.1) is 5.75 Å². The van der Waals surface area contributed by atoms with Gasteiger partial charge < -0.3 is 16.0 Å². The molecule has 0 spiro atoms. The maximum Gasteiger partial charge on any atom is 0.253 e. The number of anilines is 2. The molecule has 2 amide bonds. The fraction of sp³-hybridized carbons (Fsp3) is 0.231. The molecule has 0 saturated heterocycles. The molecule has 1 heterocycles. The Kier molecular flexibility index (Phi) is 4.99. The van der Waals surface area contributed by atoms with Crippen LogP contribution in [0.1, 0.15) is 10.4 Å². The van der Waals surface area contributed by atoms with Crippen molar-refractivity contribution < 1.29 is 9.59 Å². The van der Waals surface area contributed by atoms with Gasteiger partial charge in [0.1, 0.15) is 0 Å². The molecule has 116 valence electrons. The van der Waals surface area contributed by atoms with Crippen LogP contribution < -0.4 is 11.1 Å². The topological polar surface area (TPSA) is 117 Å². The fourth-order valence-electron chi connectivity index (χ4n) is 1.60. The standard InChI is InChI=1S/C13H16N6O2S/c1-19(2)11(21)8-3-5-9(6-4-8)15-10(20)7-22-13-16-12(14)17-18-13/h3-6H,7H2,1-2H3,(H,15,20)(H3,14,16,17,18). The van der Waals surface area contributed by atoms with Gasteiger partial charge >= 0.3 is 0 Å². The first-order valence-electron chi connectivity index (χ1n) is 6.38. The minimum atomic E-state index is -0.194. The molecule has 0 unspecified atom stereocenters. The first-order valence-corrected chi connectivity index (χ1v) is 7.36. The van der Waals surface area contributed by atoms with Gasteiger partial charge in [-0.15, -0.1) is 5.10 Å². The Hall–Kier alpha value is -2.55. The van der Waals surface area contributed by atoms with E-state index in [4.69, 9.17) is 5.73 Å². The number of carbonyl (C=O) groups is 2. The summed E-state index contributed by atoms with van der Waals surface area (Å²) in [5.74, 6) is 0.0927. The number of rotatable bonds is 5. The average molecular weight is 320 g/mol. The molecule has 2 aromatic rings. The third-order valence-electron chi connectivity index (χ3n) is 2.64. The highest BCUT2D eigenvalue weighted by Crippen LogP contribution is 2.15. The van der Waals surface area contributed by atoms with Crippen molar-refractivity contribution in [1.82, 2.24) is 20.1 Å². The summed E-state index contributed by atoms with van der Waals surface area (Å²) in [4.78, 5) is 28.9. The maximum atomic E-state index is 11.8. The molecule has 0 saturated carbocycles. The molecule has 4 N–H and O–H groups in total. The summed E-state index contributed by atoms with van der Waals surface area (Å²) >= 11 is 1.17. The van der Waals surface area contributed by atoms with Gasteiger partial charge in [0.15, 0.2) is 0 Å². The lowest BCUT2D eigenvalue weighted by Gasteiger charge is -2.10. The van der Waals surface area contributed by atoms with E-state index < -0.39 is 0 Å². The minimum absolute atomic E-state index is 0.0874. The number of benzene rings is 1.